The highest BCUT2D eigenvalue weighted by atomic mass is 35.5. The second kappa shape index (κ2) is 4.68. The number of nitrogens with two attached hydrogens (primary N) is 1. The average molecular weight is 222 g/mol. The van der Waals surface area contributed by atoms with E-state index in [0.29, 0.717) is 5.56 Å². The zero-order valence-corrected chi connectivity index (χ0v) is 8.06. The predicted octanol–water partition coefficient (Wildman–Crippen LogP) is 2.00. The van der Waals surface area contributed by atoms with Crippen molar-refractivity contribution in [2.45, 2.75) is 12.5 Å². The number of hydrogen-bond acceptors (Lipinski definition) is 2. The number of halogens is 3. The van der Waals surface area contributed by atoms with Crippen LogP contribution >= 0.6 is 11.6 Å². The fourth-order valence-corrected chi connectivity index (χ4v) is 1.41. The number of benzene rings is 1. The Balaban J connectivity index is 3.02. The highest BCUT2D eigenvalue weighted by molar-refractivity contribution is 6.31. The van der Waals surface area contributed by atoms with E-state index in [2.05, 4.69) is 0 Å². The van der Waals surface area contributed by atoms with E-state index in [-0.39, 0.29) is 18.1 Å². The van der Waals surface area contributed by atoms with Crippen LogP contribution in [-0.2, 0) is 0 Å². The van der Waals surface area contributed by atoms with Crippen molar-refractivity contribution in [2.24, 2.45) is 5.73 Å². The van der Waals surface area contributed by atoms with Crippen molar-refractivity contribution in [1.82, 2.24) is 0 Å². The molecule has 0 spiro atoms. The predicted molar refractivity (Wildman–Crippen MR) is 50.0 cm³/mol. The standard InChI is InChI=1S/C9H10ClF2NO/c10-6-4-8(12)7(11)3-5(6)9(13)1-2-14/h3-4,9,14H,1-2,13H2. The van der Waals surface area contributed by atoms with Gasteiger partial charge in [0.2, 0.25) is 0 Å². The molecule has 0 bridgehead atoms. The van der Waals surface area contributed by atoms with Crippen LogP contribution in [0.1, 0.15) is 18.0 Å². The quantitative estimate of drug-likeness (QED) is 0.767. The Kier molecular flexibility index (Phi) is 3.80. The van der Waals surface area contributed by atoms with Crippen LogP contribution in [0.25, 0.3) is 0 Å². The number of rotatable bonds is 3. The summed E-state index contributed by atoms with van der Waals surface area (Å²) in [4.78, 5) is 0. The molecule has 3 N–H and O–H groups in total. The first-order valence-corrected chi connectivity index (χ1v) is 4.45. The summed E-state index contributed by atoms with van der Waals surface area (Å²) in [7, 11) is 0. The molecule has 0 amide bonds. The van der Waals surface area contributed by atoms with Gasteiger partial charge in [-0.3, -0.25) is 0 Å². The topological polar surface area (TPSA) is 46.2 Å². The Bertz CT molecular complexity index is 333. The van der Waals surface area contributed by atoms with Crippen molar-refractivity contribution in [1.29, 1.82) is 0 Å². The van der Waals surface area contributed by atoms with Gasteiger partial charge in [0.1, 0.15) is 0 Å². The Hall–Kier alpha value is -0.710. The molecule has 0 aliphatic carbocycles. The van der Waals surface area contributed by atoms with Gasteiger partial charge in [-0.15, -0.1) is 0 Å². The molecule has 78 valence electrons. The van der Waals surface area contributed by atoms with Crippen molar-refractivity contribution in [3.8, 4) is 0 Å². The molecule has 0 aliphatic rings. The first-order valence-electron chi connectivity index (χ1n) is 4.07. The monoisotopic (exact) mass is 221 g/mol. The molecule has 1 unspecified atom stereocenters. The largest absolute Gasteiger partial charge is 0.396 e. The molecule has 0 aliphatic heterocycles. The van der Waals surface area contributed by atoms with Crippen molar-refractivity contribution in [2.75, 3.05) is 6.61 Å². The summed E-state index contributed by atoms with van der Waals surface area (Å²) in [6.45, 7) is -0.128. The minimum absolute atomic E-state index is 0.0739. The van der Waals surface area contributed by atoms with Crippen LogP contribution in [-0.4, -0.2) is 11.7 Å². The van der Waals surface area contributed by atoms with E-state index in [4.69, 9.17) is 22.4 Å². The summed E-state index contributed by atoms with van der Waals surface area (Å²) in [5.74, 6) is -1.99. The van der Waals surface area contributed by atoms with Crippen LogP contribution in [0.5, 0.6) is 0 Å². The molecule has 0 saturated heterocycles. The zero-order valence-electron chi connectivity index (χ0n) is 7.30. The SMILES string of the molecule is NC(CCO)c1cc(F)c(F)cc1Cl. The maximum Gasteiger partial charge on any atom is 0.160 e. The molecule has 1 aromatic carbocycles. The van der Waals surface area contributed by atoms with Gasteiger partial charge >= 0.3 is 0 Å². The van der Waals surface area contributed by atoms with E-state index in [0.717, 1.165) is 12.1 Å². The number of aliphatic hydroxyl groups excluding tert-OH is 1. The summed E-state index contributed by atoms with van der Waals surface area (Å²) >= 11 is 5.66. The third kappa shape index (κ3) is 2.41. The Labute approximate surface area is 85.3 Å². The molecule has 14 heavy (non-hydrogen) atoms. The van der Waals surface area contributed by atoms with Crippen LogP contribution in [0.15, 0.2) is 12.1 Å². The molecule has 1 aromatic rings. The molecule has 0 heterocycles. The van der Waals surface area contributed by atoms with Crippen molar-refractivity contribution >= 4 is 11.6 Å². The molecule has 1 atom stereocenters. The van der Waals surface area contributed by atoms with Gasteiger partial charge in [-0.1, -0.05) is 11.6 Å². The Morgan fingerprint density at radius 3 is 2.50 bits per heavy atom. The lowest BCUT2D eigenvalue weighted by atomic mass is 10.0. The summed E-state index contributed by atoms with van der Waals surface area (Å²) < 4.78 is 25.5. The second-order valence-corrected chi connectivity index (χ2v) is 3.31. The molecule has 0 saturated carbocycles. The fraction of sp³-hybridized carbons (Fsp3) is 0.333. The van der Waals surface area contributed by atoms with Crippen molar-refractivity contribution in [3.05, 3.63) is 34.4 Å². The van der Waals surface area contributed by atoms with E-state index in [1.54, 1.807) is 0 Å². The summed E-state index contributed by atoms with van der Waals surface area (Å²) in [6.07, 6.45) is 0.255. The Morgan fingerprint density at radius 1 is 1.36 bits per heavy atom. The van der Waals surface area contributed by atoms with Crippen LogP contribution in [0, 0.1) is 11.6 Å². The zero-order chi connectivity index (χ0) is 10.7. The average Bonchev–Trinajstić information content (AvgIpc) is 2.11. The van der Waals surface area contributed by atoms with Gasteiger partial charge in [0, 0.05) is 17.7 Å². The highest BCUT2D eigenvalue weighted by Crippen LogP contribution is 2.25. The summed E-state index contributed by atoms with van der Waals surface area (Å²) in [6, 6.07) is 1.25. The van der Waals surface area contributed by atoms with Crippen LogP contribution in [0.4, 0.5) is 8.78 Å². The molecule has 2 nitrogen and oxygen atoms in total. The van der Waals surface area contributed by atoms with Gasteiger partial charge in [0.25, 0.3) is 0 Å². The lowest BCUT2D eigenvalue weighted by molar-refractivity contribution is 0.276. The summed E-state index contributed by atoms with van der Waals surface area (Å²) in [5, 5.41) is 8.70. The minimum atomic E-state index is -1.00. The fourth-order valence-electron chi connectivity index (χ4n) is 1.12. The Morgan fingerprint density at radius 2 is 1.93 bits per heavy atom. The minimum Gasteiger partial charge on any atom is -0.396 e. The highest BCUT2D eigenvalue weighted by Gasteiger charge is 2.13. The van der Waals surface area contributed by atoms with E-state index >= 15 is 0 Å². The molecule has 0 radical (unpaired) electrons. The molecular weight excluding hydrogens is 212 g/mol. The van der Waals surface area contributed by atoms with Crippen LogP contribution < -0.4 is 5.73 Å². The summed E-state index contributed by atoms with van der Waals surface area (Å²) in [5.41, 5.74) is 5.90. The van der Waals surface area contributed by atoms with E-state index in [1.165, 1.54) is 0 Å². The first kappa shape index (κ1) is 11.4. The molecular formula is C9H10ClF2NO. The van der Waals surface area contributed by atoms with Gasteiger partial charge in [-0.25, -0.2) is 8.78 Å². The molecule has 0 aromatic heterocycles. The van der Waals surface area contributed by atoms with Gasteiger partial charge in [0.05, 0.1) is 0 Å². The van der Waals surface area contributed by atoms with Crippen molar-refractivity contribution in [3.63, 3.8) is 0 Å². The molecule has 1 rings (SSSR count). The number of hydrogen-bond donors (Lipinski definition) is 2. The van der Waals surface area contributed by atoms with Gasteiger partial charge in [-0.2, -0.15) is 0 Å². The molecule has 0 fully saturated rings. The van der Waals surface area contributed by atoms with Crippen molar-refractivity contribution < 1.29 is 13.9 Å². The number of aliphatic hydroxyl groups is 1. The maximum absolute atomic E-state index is 12.8. The third-order valence-electron chi connectivity index (χ3n) is 1.88. The lowest BCUT2D eigenvalue weighted by Gasteiger charge is -2.12. The van der Waals surface area contributed by atoms with Crippen LogP contribution in [0.3, 0.4) is 0 Å². The second-order valence-electron chi connectivity index (χ2n) is 2.91. The third-order valence-corrected chi connectivity index (χ3v) is 2.21. The lowest BCUT2D eigenvalue weighted by Crippen LogP contribution is -2.13. The van der Waals surface area contributed by atoms with Crippen LogP contribution in [0.2, 0.25) is 5.02 Å². The van der Waals surface area contributed by atoms with Gasteiger partial charge in [-0.05, 0) is 24.1 Å². The molecule has 5 heteroatoms. The van der Waals surface area contributed by atoms with E-state index < -0.39 is 17.7 Å². The maximum atomic E-state index is 12.8. The van der Waals surface area contributed by atoms with E-state index in [1.807, 2.05) is 0 Å². The normalized spacial score (nSPS) is 12.9. The van der Waals surface area contributed by atoms with Gasteiger partial charge < -0.3 is 10.8 Å². The van der Waals surface area contributed by atoms with Gasteiger partial charge in [0.15, 0.2) is 11.6 Å². The smallest absolute Gasteiger partial charge is 0.160 e. The van der Waals surface area contributed by atoms with E-state index in [9.17, 15) is 8.78 Å². The first-order chi connectivity index (χ1) is 6.56.